The second-order valence-corrected chi connectivity index (χ2v) is 6.75. The molecule has 0 saturated carbocycles. The Morgan fingerprint density at radius 1 is 1.25 bits per heavy atom. The minimum absolute atomic E-state index is 0.569. The van der Waals surface area contributed by atoms with Crippen molar-refractivity contribution in [1.29, 1.82) is 0 Å². The normalized spacial score (nSPS) is 21.3. The zero-order valence-electron chi connectivity index (χ0n) is 14.1. The molecular weight excluding hydrogens is 304 g/mol. The lowest BCUT2D eigenvalue weighted by atomic mass is 10.2. The highest BCUT2D eigenvalue weighted by molar-refractivity contribution is 5.08. The van der Waals surface area contributed by atoms with Crippen molar-refractivity contribution in [3.8, 4) is 0 Å². The number of nitrogens with zero attached hydrogens (tertiary/aromatic N) is 6. The van der Waals surface area contributed by atoms with Crippen LogP contribution in [0.2, 0.25) is 0 Å². The van der Waals surface area contributed by atoms with Gasteiger partial charge in [0.2, 0.25) is 0 Å². The van der Waals surface area contributed by atoms with Crippen LogP contribution in [-0.2, 0) is 30.9 Å². The summed E-state index contributed by atoms with van der Waals surface area (Å²) in [7, 11) is 2.10. The van der Waals surface area contributed by atoms with Gasteiger partial charge in [-0.2, -0.15) is 0 Å². The van der Waals surface area contributed by atoms with Gasteiger partial charge in [0.25, 0.3) is 0 Å². The SMILES string of the molecule is CN(Cc1cncnc1)Cc1cn2c(n1)CN([C@@H]1CCOC1)CC2. The first-order valence-electron chi connectivity index (χ1n) is 8.57. The first kappa shape index (κ1) is 15.7. The van der Waals surface area contributed by atoms with Crippen LogP contribution >= 0.6 is 0 Å². The van der Waals surface area contributed by atoms with Gasteiger partial charge >= 0.3 is 0 Å². The number of aromatic nitrogens is 4. The summed E-state index contributed by atoms with van der Waals surface area (Å²) in [4.78, 5) is 17.8. The molecular formula is C17H24N6O. The highest BCUT2D eigenvalue weighted by Gasteiger charge is 2.27. The monoisotopic (exact) mass is 328 g/mol. The van der Waals surface area contributed by atoms with Crippen LogP contribution in [0.1, 0.15) is 23.5 Å². The maximum atomic E-state index is 5.53. The Morgan fingerprint density at radius 2 is 2.12 bits per heavy atom. The Kier molecular flexibility index (Phi) is 4.55. The van der Waals surface area contributed by atoms with Gasteiger partial charge in [0.15, 0.2) is 0 Å². The maximum absolute atomic E-state index is 5.53. The van der Waals surface area contributed by atoms with E-state index in [2.05, 4.69) is 37.6 Å². The van der Waals surface area contributed by atoms with E-state index in [1.54, 1.807) is 6.33 Å². The molecule has 7 heteroatoms. The fraction of sp³-hybridized carbons (Fsp3) is 0.588. The van der Waals surface area contributed by atoms with Crippen LogP contribution in [0.3, 0.4) is 0 Å². The van der Waals surface area contributed by atoms with Crippen molar-refractivity contribution in [2.75, 3.05) is 26.8 Å². The highest BCUT2D eigenvalue weighted by Crippen LogP contribution is 2.20. The van der Waals surface area contributed by atoms with Gasteiger partial charge in [0.1, 0.15) is 12.2 Å². The van der Waals surface area contributed by atoms with E-state index in [-0.39, 0.29) is 0 Å². The fourth-order valence-corrected chi connectivity index (χ4v) is 3.58. The van der Waals surface area contributed by atoms with Crippen molar-refractivity contribution in [3.63, 3.8) is 0 Å². The van der Waals surface area contributed by atoms with Gasteiger partial charge in [0, 0.05) is 63.0 Å². The molecule has 0 amide bonds. The summed E-state index contributed by atoms with van der Waals surface area (Å²) in [5.74, 6) is 1.18. The Hall–Kier alpha value is -1.83. The van der Waals surface area contributed by atoms with Gasteiger partial charge < -0.3 is 9.30 Å². The van der Waals surface area contributed by atoms with Crippen molar-refractivity contribution in [2.24, 2.45) is 0 Å². The molecule has 24 heavy (non-hydrogen) atoms. The molecule has 4 rings (SSSR count). The summed E-state index contributed by atoms with van der Waals surface area (Å²) >= 11 is 0. The van der Waals surface area contributed by atoms with Crippen LogP contribution in [0.25, 0.3) is 0 Å². The number of ether oxygens (including phenoxy) is 1. The van der Waals surface area contributed by atoms with Crippen LogP contribution in [0.5, 0.6) is 0 Å². The summed E-state index contributed by atoms with van der Waals surface area (Å²) in [6, 6.07) is 0.569. The molecule has 7 nitrogen and oxygen atoms in total. The Balaban J connectivity index is 1.37. The molecule has 1 atom stereocenters. The first-order chi connectivity index (χ1) is 11.8. The zero-order chi connectivity index (χ0) is 16.4. The van der Waals surface area contributed by atoms with Crippen molar-refractivity contribution in [3.05, 3.63) is 42.0 Å². The summed E-state index contributed by atoms with van der Waals surface area (Å²) in [6.07, 6.45) is 8.64. The predicted molar refractivity (Wildman–Crippen MR) is 89.1 cm³/mol. The lowest BCUT2D eigenvalue weighted by molar-refractivity contribution is 0.121. The maximum Gasteiger partial charge on any atom is 0.123 e. The van der Waals surface area contributed by atoms with Crippen molar-refractivity contribution < 1.29 is 4.74 Å². The number of rotatable bonds is 5. The lowest BCUT2D eigenvalue weighted by Gasteiger charge is -2.31. The molecule has 2 aromatic rings. The molecule has 0 aromatic carbocycles. The zero-order valence-corrected chi connectivity index (χ0v) is 14.1. The molecule has 0 bridgehead atoms. The molecule has 0 spiro atoms. The number of imidazole rings is 1. The first-order valence-corrected chi connectivity index (χ1v) is 8.57. The molecule has 0 N–H and O–H groups in total. The van der Waals surface area contributed by atoms with Crippen LogP contribution < -0.4 is 0 Å². The third-order valence-corrected chi connectivity index (χ3v) is 4.80. The standard InChI is InChI=1S/C17H24N6O/c1-21(8-14-6-18-13-19-7-14)9-15-10-23-4-3-22(11-17(23)20-15)16-2-5-24-12-16/h6-7,10,13,16H,2-5,8-9,11-12H2,1H3/t16-/m1/s1. The lowest BCUT2D eigenvalue weighted by Crippen LogP contribution is -2.41. The summed E-state index contributed by atoms with van der Waals surface area (Å²) in [6.45, 7) is 6.48. The van der Waals surface area contributed by atoms with Crippen molar-refractivity contribution in [1.82, 2.24) is 29.3 Å². The minimum atomic E-state index is 0.569. The van der Waals surface area contributed by atoms with Crippen LogP contribution in [-0.4, -0.2) is 62.2 Å². The quantitative estimate of drug-likeness (QED) is 0.813. The summed E-state index contributed by atoms with van der Waals surface area (Å²) in [5, 5.41) is 0. The fourth-order valence-electron chi connectivity index (χ4n) is 3.58. The van der Waals surface area contributed by atoms with Gasteiger partial charge in [-0.05, 0) is 13.5 Å². The molecule has 0 radical (unpaired) electrons. The van der Waals surface area contributed by atoms with Crippen molar-refractivity contribution in [2.45, 2.75) is 38.6 Å². The average Bonchev–Trinajstić information content (AvgIpc) is 3.24. The molecule has 4 heterocycles. The van der Waals surface area contributed by atoms with Crippen LogP contribution in [0, 0.1) is 0 Å². The molecule has 128 valence electrons. The second-order valence-electron chi connectivity index (χ2n) is 6.75. The largest absolute Gasteiger partial charge is 0.380 e. The van der Waals surface area contributed by atoms with Gasteiger partial charge in [-0.1, -0.05) is 0 Å². The van der Waals surface area contributed by atoms with E-state index < -0.39 is 0 Å². The molecule has 2 aromatic heterocycles. The van der Waals surface area contributed by atoms with Crippen molar-refractivity contribution >= 4 is 0 Å². The average molecular weight is 328 g/mol. The second kappa shape index (κ2) is 6.96. The van der Waals surface area contributed by atoms with E-state index in [4.69, 9.17) is 9.72 Å². The van der Waals surface area contributed by atoms with E-state index in [1.165, 1.54) is 5.82 Å². The summed E-state index contributed by atoms with van der Waals surface area (Å²) < 4.78 is 7.83. The topological polar surface area (TPSA) is 59.3 Å². The molecule has 0 unspecified atom stereocenters. The number of fused-ring (bicyclic) bond motifs is 1. The molecule has 0 aliphatic carbocycles. The Bertz CT molecular complexity index is 667. The predicted octanol–water partition coefficient (Wildman–Crippen LogP) is 0.910. The number of hydrogen-bond donors (Lipinski definition) is 0. The molecule has 1 fully saturated rings. The third kappa shape index (κ3) is 3.48. The van der Waals surface area contributed by atoms with E-state index in [9.17, 15) is 0 Å². The molecule has 2 aliphatic heterocycles. The van der Waals surface area contributed by atoms with E-state index in [0.717, 1.165) is 63.6 Å². The van der Waals surface area contributed by atoms with Gasteiger partial charge in [0.05, 0.1) is 18.8 Å². The van der Waals surface area contributed by atoms with Crippen LogP contribution in [0.15, 0.2) is 24.9 Å². The Labute approximate surface area is 142 Å². The molecule has 2 aliphatic rings. The smallest absolute Gasteiger partial charge is 0.123 e. The van der Waals surface area contributed by atoms with E-state index in [0.29, 0.717) is 6.04 Å². The summed E-state index contributed by atoms with van der Waals surface area (Å²) in [5.41, 5.74) is 2.25. The van der Waals surface area contributed by atoms with Gasteiger partial charge in [-0.15, -0.1) is 0 Å². The van der Waals surface area contributed by atoms with Gasteiger partial charge in [-0.3, -0.25) is 9.80 Å². The highest BCUT2D eigenvalue weighted by atomic mass is 16.5. The minimum Gasteiger partial charge on any atom is -0.380 e. The third-order valence-electron chi connectivity index (χ3n) is 4.80. The van der Waals surface area contributed by atoms with Gasteiger partial charge in [-0.25, -0.2) is 15.0 Å². The van der Waals surface area contributed by atoms with E-state index in [1.807, 2.05) is 12.4 Å². The van der Waals surface area contributed by atoms with Crippen LogP contribution in [0.4, 0.5) is 0 Å². The number of hydrogen-bond acceptors (Lipinski definition) is 6. The molecule has 1 saturated heterocycles. The van der Waals surface area contributed by atoms with E-state index >= 15 is 0 Å². The Morgan fingerprint density at radius 3 is 2.92 bits per heavy atom.